The molecule has 0 heteroatoms. The quantitative estimate of drug-likeness (QED) is 0.367. The van der Waals surface area contributed by atoms with Gasteiger partial charge in [0.2, 0.25) is 0 Å². The molecule has 0 bridgehead atoms. The van der Waals surface area contributed by atoms with Crippen LogP contribution in [0.3, 0.4) is 0 Å². The fourth-order valence-electron chi connectivity index (χ4n) is 3.69. The first-order chi connectivity index (χ1) is 12.6. The molecular formula is C26H38. The van der Waals surface area contributed by atoms with E-state index in [0.29, 0.717) is 0 Å². The van der Waals surface area contributed by atoms with Crippen molar-refractivity contribution in [3.8, 4) is 0 Å². The van der Waals surface area contributed by atoms with Crippen molar-refractivity contribution in [2.75, 3.05) is 0 Å². The van der Waals surface area contributed by atoms with E-state index in [2.05, 4.69) is 64.1 Å². The van der Waals surface area contributed by atoms with E-state index < -0.39 is 0 Å². The minimum Gasteiger partial charge on any atom is -0.0654 e. The molecule has 0 aliphatic rings. The fraction of sp³-hybridized carbons (Fsp3) is 0.538. The van der Waals surface area contributed by atoms with Gasteiger partial charge in [0.1, 0.15) is 0 Å². The molecule has 2 rings (SSSR count). The smallest absolute Gasteiger partial charge is 0.0276 e. The summed E-state index contributed by atoms with van der Waals surface area (Å²) in [6.45, 7) is 9.06. The van der Waals surface area contributed by atoms with Gasteiger partial charge in [0.15, 0.2) is 0 Å². The molecule has 0 aliphatic carbocycles. The maximum Gasteiger partial charge on any atom is -0.0276 e. The number of benzene rings is 2. The monoisotopic (exact) mass is 350 g/mol. The van der Waals surface area contributed by atoms with Gasteiger partial charge >= 0.3 is 0 Å². The van der Waals surface area contributed by atoms with E-state index in [-0.39, 0.29) is 0 Å². The van der Waals surface area contributed by atoms with Gasteiger partial charge in [-0.3, -0.25) is 0 Å². The second kappa shape index (κ2) is 11.2. The lowest BCUT2D eigenvalue weighted by Crippen LogP contribution is -1.96. The van der Waals surface area contributed by atoms with Gasteiger partial charge in [-0.05, 0) is 98.6 Å². The van der Waals surface area contributed by atoms with Crippen molar-refractivity contribution in [3.63, 3.8) is 0 Å². The van der Waals surface area contributed by atoms with Gasteiger partial charge in [0, 0.05) is 0 Å². The third kappa shape index (κ3) is 6.63. The van der Waals surface area contributed by atoms with Crippen LogP contribution in [-0.4, -0.2) is 0 Å². The summed E-state index contributed by atoms with van der Waals surface area (Å²) in [6.07, 6.45) is 12.6. The number of hydrogen-bond donors (Lipinski definition) is 0. The fourth-order valence-corrected chi connectivity index (χ4v) is 3.69. The first kappa shape index (κ1) is 20.7. The standard InChI is InChI=1S/C26H38/c1-5-7-13-25-19-23(17-15-21(25)3)11-9-10-12-24-18-16-22(4)26(20-24)14-8-6-2/h15-20H,5-14H2,1-4H3. The SMILES string of the molecule is CCCCc1cc(CCCCc2ccc(C)c(CCCC)c2)ccc1C. The van der Waals surface area contributed by atoms with Gasteiger partial charge < -0.3 is 0 Å². The molecule has 2 aromatic carbocycles. The highest BCUT2D eigenvalue weighted by Crippen LogP contribution is 2.18. The third-order valence-electron chi connectivity index (χ3n) is 5.61. The molecule has 2 aromatic rings. The Hall–Kier alpha value is -1.56. The summed E-state index contributed by atoms with van der Waals surface area (Å²) in [5.41, 5.74) is 9.08. The normalized spacial score (nSPS) is 11.1. The third-order valence-corrected chi connectivity index (χ3v) is 5.61. The Bertz CT molecular complexity index is 606. The molecule has 0 saturated carbocycles. The molecule has 0 spiro atoms. The number of unbranched alkanes of at least 4 members (excludes halogenated alkanes) is 3. The van der Waals surface area contributed by atoms with Crippen LogP contribution in [0.1, 0.15) is 85.8 Å². The highest BCUT2D eigenvalue weighted by molar-refractivity contribution is 5.32. The van der Waals surface area contributed by atoms with Crippen molar-refractivity contribution in [2.45, 2.75) is 91.9 Å². The summed E-state index contributed by atoms with van der Waals surface area (Å²) in [6, 6.07) is 14.2. The zero-order chi connectivity index (χ0) is 18.8. The Morgan fingerprint density at radius 3 is 1.35 bits per heavy atom. The van der Waals surface area contributed by atoms with E-state index in [4.69, 9.17) is 0 Å². The average molecular weight is 351 g/mol. The van der Waals surface area contributed by atoms with Crippen LogP contribution in [0.15, 0.2) is 36.4 Å². The largest absolute Gasteiger partial charge is 0.0654 e. The lowest BCUT2D eigenvalue weighted by molar-refractivity contribution is 0.729. The van der Waals surface area contributed by atoms with Crippen molar-refractivity contribution in [3.05, 3.63) is 69.8 Å². The molecule has 0 unspecified atom stereocenters. The first-order valence-corrected chi connectivity index (χ1v) is 10.8. The molecule has 0 aliphatic heterocycles. The van der Waals surface area contributed by atoms with Crippen LogP contribution in [0.2, 0.25) is 0 Å². The molecule has 0 heterocycles. The predicted molar refractivity (Wildman–Crippen MR) is 116 cm³/mol. The van der Waals surface area contributed by atoms with Crippen LogP contribution in [-0.2, 0) is 25.7 Å². The summed E-state index contributed by atoms with van der Waals surface area (Å²) in [5.74, 6) is 0. The lowest BCUT2D eigenvalue weighted by Gasteiger charge is -2.10. The van der Waals surface area contributed by atoms with Crippen LogP contribution < -0.4 is 0 Å². The van der Waals surface area contributed by atoms with Gasteiger partial charge in [-0.15, -0.1) is 0 Å². The van der Waals surface area contributed by atoms with Crippen molar-refractivity contribution in [1.82, 2.24) is 0 Å². The van der Waals surface area contributed by atoms with Crippen LogP contribution in [0.4, 0.5) is 0 Å². The topological polar surface area (TPSA) is 0 Å². The number of rotatable bonds is 11. The van der Waals surface area contributed by atoms with Gasteiger partial charge in [0.05, 0.1) is 0 Å². The van der Waals surface area contributed by atoms with Crippen LogP contribution in [0, 0.1) is 13.8 Å². The van der Waals surface area contributed by atoms with Gasteiger partial charge in [0.25, 0.3) is 0 Å². The number of hydrogen-bond acceptors (Lipinski definition) is 0. The lowest BCUT2D eigenvalue weighted by atomic mass is 9.96. The molecule has 142 valence electrons. The molecule has 0 N–H and O–H groups in total. The average Bonchev–Trinajstić information content (AvgIpc) is 2.65. The molecule has 0 amide bonds. The molecule has 0 saturated heterocycles. The van der Waals surface area contributed by atoms with E-state index in [1.165, 1.54) is 86.5 Å². The first-order valence-electron chi connectivity index (χ1n) is 10.8. The molecule has 0 fully saturated rings. The summed E-state index contributed by atoms with van der Waals surface area (Å²) >= 11 is 0. The van der Waals surface area contributed by atoms with E-state index >= 15 is 0 Å². The van der Waals surface area contributed by atoms with E-state index in [1.807, 2.05) is 0 Å². The molecule has 0 aromatic heterocycles. The Labute approximate surface area is 162 Å². The zero-order valence-electron chi connectivity index (χ0n) is 17.5. The Morgan fingerprint density at radius 1 is 0.538 bits per heavy atom. The van der Waals surface area contributed by atoms with Crippen LogP contribution >= 0.6 is 0 Å². The Kier molecular flexibility index (Phi) is 8.95. The van der Waals surface area contributed by atoms with Crippen molar-refractivity contribution >= 4 is 0 Å². The summed E-state index contributed by atoms with van der Waals surface area (Å²) in [7, 11) is 0. The van der Waals surface area contributed by atoms with Crippen molar-refractivity contribution in [2.24, 2.45) is 0 Å². The van der Waals surface area contributed by atoms with Crippen molar-refractivity contribution < 1.29 is 0 Å². The summed E-state index contributed by atoms with van der Waals surface area (Å²) in [4.78, 5) is 0. The Balaban J connectivity index is 1.83. The van der Waals surface area contributed by atoms with Gasteiger partial charge in [-0.2, -0.15) is 0 Å². The molecule has 0 radical (unpaired) electrons. The molecule has 0 nitrogen and oxygen atoms in total. The van der Waals surface area contributed by atoms with E-state index in [1.54, 1.807) is 11.1 Å². The number of aryl methyl sites for hydroxylation is 6. The van der Waals surface area contributed by atoms with Crippen LogP contribution in [0.5, 0.6) is 0 Å². The van der Waals surface area contributed by atoms with Gasteiger partial charge in [-0.25, -0.2) is 0 Å². The molecular weight excluding hydrogens is 312 g/mol. The van der Waals surface area contributed by atoms with Crippen LogP contribution in [0.25, 0.3) is 0 Å². The maximum absolute atomic E-state index is 2.46. The maximum atomic E-state index is 2.46. The zero-order valence-corrected chi connectivity index (χ0v) is 17.5. The molecule has 0 atom stereocenters. The molecule has 26 heavy (non-hydrogen) atoms. The van der Waals surface area contributed by atoms with E-state index in [0.717, 1.165) is 0 Å². The second-order valence-electron chi connectivity index (χ2n) is 7.94. The predicted octanol–water partition coefficient (Wildman–Crippen LogP) is 7.55. The van der Waals surface area contributed by atoms with Crippen molar-refractivity contribution in [1.29, 1.82) is 0 Å². The highest BCUT2D eigenvalue weighted by atomic mass is 14.1. The van der Waals surface area contributed by atoms with E-state index in [9.17, 15) is 0 Å². The Morgan fingerprint density at radius 2 is 0.962 bits per heavy atom. The highest BCUT2D eigenvalue weighted by Gasteiger charge is 2.03. The summed E-state index contributed by atoms with van der Waals surface area (Å²) < 4.78 is 0. The summed E-state index contributed by atoms with van der Waals surface area (Å²) in [5, 5.41) is 0. The van der Waals surface area contributed by atoms with Gasteiger partial charge in [-0.1, -0.05) is 63.1 Å². The second-order valence-corrected chi connectivity index (χ2v) is 7.94. The minimum absolute atomic E-state index is 1.22. The minimum atomic E-state index is 1.22.